The summed E-state index contributed by atoms with van der Waals surface area (Å²) in [6, 6.07) is 0. The van der Waals surface area contributed by atoms with Gasteiger partial charge in [0.15, 0.2) is 0 Å². The van der Waals surface area contributed by atoms with Crippen LogP contribution in [0.4, 0.5) is 5.13 Å². The number of nitrogens with two attached hydrogens (primary N) is 1. The van der Waals surface area contributed by atoms with Crippen molar-refractivity contribution < 1.29 is 9.59 Å². The van der Waals surface area contributed by atoms with Gasteiger partial charge in [-0.3, -0.25) is 9.59 Å². The van der Waals surface area contributed by atoms with Crippen molar-refractivity contribution >= 4 is 28.3 Å². The third-order valence-corrected chi connectivity index (χ3v) is 2.96. The second-order valence-corrected chi connectivity index (χ2v) is 4.60. The van der Waals surface area contributed by atoms with Gasteiger partial charge in [-0.2, -0.15) is 0 Å². The number of carbonyl (C=O) groups excluding carboxylic acids is 2. The number of amides is 2. The zero-order valence-corrected chi connectivity index (χ0v) is 11.0. The largest absolute Gasteiger partial charge is 0.370 e. The maximum Gasteiger partial charge on any atom is 0.282 e. The van der Waals surface area contributed by atoms with Gasteiger partial charge >= 0.3 is 0 Å². The van der Waals surface area contributed by atoms with Gasteiger partial charge in [0.1, 0.15) is 0 Å². The van der Waals surface area contributed by atoms with Crippen molar-refractivity contribution in [3.63, 3.8) is 0 Å². The maximum atomic E-state index is 11.6. The van der Waals surface area contributed by atoms with E-state index in [0.717, 1.165) is 6.54 Å². The number of hydrogen-bond acceptors (Lipinski definition) is 6. The average Bonchev–Trinajstić information content (AvgIpc) is 2.77. The Balaban J connectivity index is 2.25. The van der Waals surface area contributed by atoms with Gasteiger partial charge < -0.3 is 16.4 Å². The summed E-state index contributed by atoms with van der Waals surface area (Å²) in [5, 5.41) is 14.3. The minimum atomic E-state index is -0.319. The Morgan fingerprint density at radius 1 is 1.33 bits per heavy atom. The van der Waals surface area contributed by atoms with E-state index in [-0.39, 0.29) is 11.8 Å². The van der Waals surface area contributed by atoms with Gasteiger partial charge in [-0.1, -0.05) is 11.3 Å². The highest BCUT2D eigenvalue weighted by atomic mass is 32.1. The van der Waals surface area contributed by atoms with Crippen LogP contribution < -0.4 is 16.4 Å². The van der Waals surface area contributed by atoms with Gasteiger partial charge in [0.2, 0.25) is 16.0 Å². The average molecular weight is 271 g/mol. The van der Waals surface area contributed by atoms with E-state index in [9.17, 15) is 9.59 Å². The van der Waals surface area contributed by atoms with Crippen LogP contribution in [0.15, 0.2) is 0 Å². The van der Waals surface area contributed by atoms with Crippen LogP contribution in [0.1, 0.15) is 36.0 Å². The molecule has 2 amide bonds. The van der Waals surface area contributed by atoms with E-state index in [0.29, 0.717) is 35.9 Å². The molecule has 1 heterocycles. The summed E-state index contributed by atoms with van der Waals surface area (Å²) in [6.07, 6.45) is 1.74. The summed E-state index contributed by atoms with van der Waals surface area (Å²) in [7, 11) is 0. The lowest BCUT2D eigenvalue weighted by Crippen LogP contribution is -2.24. The van der Waals surface area contributed by atoms with Crippen LogP contribution in [0.5, 0.6) is 0 Å². The summed E-state index contributed by atoms with van der Waals surface area (Å²) in [5.74, 6) is -0.559. The zero-order valence-electron chi connectivity index (χ0n) is 10.2. The number of primary amides is 1. The van der Waals surface area contributed by atoms with E-state index < -0.39 is 0 Å². The molecule has 0 saturated carbocycles. The van der Waals surface area contributed by atoms with Crippen molar-refractivity contribution in [3.05, 3.63) is 5.01 Å². The second-order valence-electron chi connectivity index (χ2n) is 3.62. The van der Waals surface area contributed by atoms with E-state index in [1.54, 1.807) is 0 Å². The van der Waals surface area contributed by atoms with Crippen molar-refractivity contribution in [3.8, 4) is 0 Å². The van der Waals surface area contributed by atoms with Gasteiger partial charge in [0.25, 0.3) is 5.91 Å². The van der Waals surface area contributed by atoms with Crippen LogP contribution in [-0.2, 0) is 4.79 Å². The molecule has 0 spiro atoms. The molecular weight excluding hydrogens is 254 g/mol. The fourth-order valence-electron chi connectivity index (χ4n) is 1.24. The molecule has 7 nitrogen and oxygen atoms in total. The predicted molar refractivity (Wildman–Crippen MR) is 69.5 cm³/mol. The lowest BCUT2D eigenvalue weighted by Gasteiger charge is -2.01. The molecule has 1 aromatic rings. The number of hydrogen-bond donors (Lipinski definition) is 3. The first-order valence-corrected chi connectivity index (χ1v) is 6.59. The molecule has 18 heavy (non-hydrogen) atoms. The number of nitrogens with one attached hydrogen (secondary N) is 2. The number of aromatic nitrogens is 2. The Morgan fingerprint density at radius 2 is 2.11 bits per heavy atom. The number of anilines is 1. The quantitative estimate of drug-likeness (QED) is 0.591. The minimum absolute atomic E-state index is 0.240. The second kappa shape index (κ2) is 7.59. The molecule has 0 unspecified atom stereocenters. The van der Waals surface area contributed by atoms with Crippen LogP contribution in [0, 0.1) is 0 Å². The molecule has 4 N–H and O–H groups in total. The molecule has 0 saturated heterocycles. The molecule has 8 heteroatoms. The highest BCUT2D eigenvalue weighted by molar-refractivity contribution is 7.17. The van der Waals surface area contributed by atoms with Gasteiger partial charge in [0.05, 0.1) is 0 Å². The highest BCUT2D eigenvalue weighted by Crippen LogP contribution is 2.14. The standard InChI is InChI=1S/C10H17N5O2S/c1-2-12-10-15-14-9(18-10)8(17)13-6-4-3-5-7(11)16/h2-6H2,1H3,(H2,11,16)(H,12,15)(H,13,17). The third kappa shape index (κ3) is 5.09. The predicted octanol–water partition coefficient (Wildman–Crippen LogP) is 0.355. The van der Waals surface area contributed by atoms with Gasteiger partial charge in [-0.15, -0.1) is 10.2 Å². The molecule has 0 aromatic carbocycles. The van der Waals surface area contributed by atoms with Crippen LogP contribution in [0.3, 0.4) is 0 Å². The molecule has 1 aromatic heterocycles. The Morgan fingerprint density at radius 3 is 2.78 bits per heavy atom. The highest BCUT2D eigenvalue weighted by Gasteiger charge is 2.11. The Labute approximate surface area is 109 Å². The van der Waals surface area contributed by atoms with Crippen molar-refractivity contribution in [2.24, 2.45) is 5.73 Å². The van der Waals surface area contributed by atoms with Gasteiger partial charge in [0, 0.05) is 19.5 Å². The molecule has 0 aliphatic heterocycles. The SMILES string of the molecule is CCNc1nnc(C(=O)NCCCCC(N)=O)s1. The number of unbranched alkanes of at least 4 members (excludes halogenated alkanes) is 1. The number of rotatable bonds is 8. The van der Waals surface area contributed by atoms with Gasteiger partial charge in [-0.25, -0.2) is 0 Å². The van der Waals surface area contributed by atoms with Crippen molar-refractivity contribution in [2.75, 3.05) is 18.4 Å². The van der Waals surface area contributed by atoms with E-state index >= 15 is 0 Å². The van der Waals surface area contributed by atoms with Crippen molar-refractivity contribution in [1.82, 2.24) is 15.5 Å². The summed E-state index contributed by atoms with van der Waals surface area (Å²) in [5.41, 5.74) is 5.01. The van der Waals surface area contributed by atoms with E-state index in [1.165, 1.54) is 11.3 Å². The van der Waals surface area contributed by atoms with Crippen molar-refractivity contribution in [1.29, 1.82) is 0 Å². The molecule has 0 fully saturated rings. The molecule has 0 bridgehead atoms. The van der Waals surface area contributed by atoms with Crippen LogP contribution in [0.25, 0.3) is 0 Å². The first-order chi connectivity index (χ1) is 8.63. The van der Waals surface area contributed by atoms with E-state index in [4.69, 9.17) is 5.73 Å². The molecule has 0 aliphatic carbocycles. The smallest absolute Gasteiger partial charge is 0.282 e. The monoisotopic (exact) mass is 271 g/mol. The first kappa shape index (κ1) is 14.4. The minimum Gasteiger partial charge on any atom is -0.370 e. The molecule has 100 valence electrons. The Hall–Kier alpha value is -1.70. The number of carbonyl (C=O) groups is 2. The summed E-state index contributed by atoms with van der Waals surface area (Å²) in [4.78, 5) is 22.1. The van der Waals surface area contributed by atoms with E-state index in [1.807, 2.05) is 6.92 Å². The van der Waals surface area contributed by atoms with Crippen LogP contribution >= 0.6 is 11.3 Å². The zero-order chi connectivity index (χ0) is 13.4. The summed E-state index contributed by atoms with van der Waals surface area (Å²) in [6.45, 7) is 3.19. The maximum absolute atomic E-state index is 11.6. The fraction of sp³-hybridized carbons (Fsp3) is 0.600. The topological polar surface area (TPSA) is 110 Å². The van der Waals surface area contributed by atoms with Crippen molar-refractivity contribution in [2.45, 2.75) is 26.2 Å². The Bertz CT molecular complexity index is 407. The first-order valence-electron chi connectivity index (χ1n) is 5.77. The lowest BCUT2D eigenvalue weighted by molar-refractivity contribution is -0.118. The van der Waals surface area contributed by atoms with Gasteiger partial charge in [-0.05, 0) is 19.8 Å². The number of nitrogens with zero attached hydrogens (tertiary/aromatic N) is 2. The molecule has 0 atom stereocenters. The molecule has 1 rings (SSSR count). The molecular formula is C10H17N5O2S. The molecule has 0 aliphatic rings. The summed E-state index contributed by atoms with van der Waals surface area (Å²) < 4.78 is 0. The fourth-order valence-corrected chi connectivity index (χ4v) is 1.97. The normalized spacial score (nSPS) is 10.1. The lowest BCUT2D eigenvalue weighted by atomic mass is 10.2. The van der Waals surface area contributed by atoms with E-state index in [2.05, 4.69) is 20.8 Å². The summed E-state index contributed by atoms with van der Waals surface area (Å²) >= 11 is 1.21. The van der Waals surface area contributed by atoms with Crippen LogP contribution in [0.2, 0.25) is 0 Å². The van der Waals surface area contributed by atoms with Crippen LogP contribution in [-0.4, -0.2) is 35.1 Å². The Kier molecular flexibility index (Phi) is 6.06. The third-order valence-electron chi connectivity index (χ3n) is 2.08. The molecule has 0 radical (unpaired) electrons.